The molecule has 57 heavy (non-hydrogen) atoms. The fourth-order valence-corrected chi connectivity index (χ4v) is 8.04. The summed E-state index contributed by atoms with van der Waals surface area (Å²) in [6, 6.07) is 14.3. The third-order valence-corrected chi connectivity index (χ3v) is 11.5. The molecule has 4 atom stereocenters. The number of nitrogens with zero attached hydrogens (tertiary/aromatic N) is 4. The van der Waals surface area contributed by atoms with Gasteiger partial charge in [0.1, 0.15) is 29.8 Å². The van der Waals surface area contributed by atoms with Gasteiger partial charge in [0.15, 0.2) is 0 Å². The molecule has 302 valence electrons. The first-order valence-corrected chi connectivity index (χ1v) is 19.7. The van der Waals surface area contributed by atoms with E-state index in [0.29, 0.717) is 18.8 Å². The molecule has 3 fully saturated rings. The highest BCUT2D eigenvalue weighted by Gasteiger charge is 2.54. The standard InChI is InChI=1S/C42H52N8O7/c1-24(2)34(47-40(53)55-5)38(51)49-20-7-9-32(49)36-43-22-30(45-36)28-14-10-26(11-15-28)27-12-16-29(17-13-27)31-23-44-37(46-31)33-21-42(18-8-19-42)57-50(33)39(52)35(25(3)4)48-41(54)56-6/h10-17,22-25,32-35H,7-9,18-21H2,1-6H3,(H,43,45)(H,44,46)(H,47,53)(H,48,54)/t32-,33+,34-,35?/m0/s1. The van der Waals surface area contributed by atoms with Gasteiger partial charge in [-0.25, -0.2) is 24.6 Å². The molecule has 4 heterocycles. The lowest BCUT2D eigenvalue weighted by molar-refractivity contribution is -0.230. The highest BCUT2D eigenvalue weighted by molar-refractivity contribution is 5.87. The normalized spacial score (nSPS) is 19.7. The Bertz CT molecular complexity index is 2070. The van der Waals surface area contributed by atoms with Crippen LogP contribution in [0, 0.1) is 11.8 Å². The maximum Gasteiger partial charge on any atom is 0.407 e. The SMILES string of the molecule is COC(=O)NC(C(=O)N1OC2(CCC2)C[C@@H]1c1ncc(-c2ccc(-c3ccc(-c4cnc([C@@H]5CCCN5C(=O)[C@@H](NC(=O)OC)C(C)C)[nH]4)cc3)cc2)[nH]1)C(C)C. The average molecular weight is 781 g/mol. The summed E-state index contributed by atoms with van der Waals surface area (Å²) in [5.74, 6) is 0.581. The number of H-pyrrole nitrogens is 2. The molecule has 4 aromatic rings. The maximum absolute atomic E-state index is 13.8. The number of hydroxylamine groups is 2. The van der Waals surface area contributed by atoms with Crippen molar-refractivity contribution in [3.8, 4) is 33.6 Å². The highest BCUT2D eigenvalue weighted by atomic mass is 16.7. The van der Waals surface area contributed by atoms with Gasteiger partial charge in [-0.05, 0) is 66.2 Å². The first-order valence-electron chi connectivity index (χ1n) is 19.7. The van der Waals surface area contributed by atoms with Gasteiger partial charge in [0, 0.05) is 13.0 Å². The molecule has 2 aromatic heterocycles. The minimum atomic E-state index is -0.815. The van der Waals surface area contributed by atoms with Crippen molar-refractivity contribution in [3.05, 3.63) is 72.6 Å². The molecule has 4 N–H and O–H groups in total. The van der Waals surface area contributed by atoms with Gasteiger partial charge in [-0.3, -0.25) is 14.4 Å². The molecule has 3 aliphatic rings. The van der Waals surface area contributed by atoms with Crippen molar-refractivity contribution < 1.29 is 33.5 Å². The van der Waals surface area contributed by atoms with Crippen molar-refractivity contribution in [2.24, 2.45) is 11.8 Å². The summed E-state index contributed by atoms with van der Waals surface area (Å²) in [6.07, 6.45) is 7.29. The third-order valence-electron chi connectivity index (χ3n) is 11.5. The summed E-state index contributed by atoms with van der Waals surface area (Å²) in [5.41, 5.74) is 5.27. The van der Waals surface area contributed by atoms with Crippen molar-refractivity contribution >= 4 is 24.0 Å². The van der Waals surface area contributed by atoms with E-state index in [1.165, 1.54) is 19.3 Å². The van der Waals surface area contributed by atoms with Crippen LogP contribution < -0.4 is 10.6 Å². The number of methoxy groups -OCH3 is 2. The summed E-state index contributed by atoms with van der Waals surface area (Å²) in [5, 5.41) is 6.78. The van der Waals surface area contributed by atoms with E-state index in [1.54, 1.807) is 17.3 Å². The fourth-order valence-electron chi connectivity index (χ4n) is 8.04. The van der Waals surface area contributed by atoms with E-state index in [0.717, 1.165) is 71.6 Å². The lowest BCUT2D eigenvalue weighted by Gasteiger charge is -2.37. The van der Waals surface area contributed by atoms with Crippen LogP contribution in [-0.4, -0.2) is 92.3 Å². The van der Waals surface area contributed by atoms with Gasteiger partial charge < -0.3 is 35.0 Å². The van der Waals surface area contributed by atoms with Crippen molar-refractivity contribution in [3.63, 3.8) is 0 Å². The zero-order valence-electron chi connectivity index (χ0n) is 33.3. The summed E-state index contributed by atoms with van der Waals surface area (Å²) >= 11 is 0. The molecule has 0 bridgehead atoms. The first-order chi connectivity index (χ1) is 27.4. The van der Waals surface area contributed by atoms with E-state index >= 15 is 0 Å². The predicted molar refractivity (Wildman–Crippen MR) is 211 cm³/mol. The van der Waals surface area contributed by atoms with Crippen LogP contribution in [0.15, 0.2) is 60.9 Å². The lowest BCUT2D eigenvalue weighted by atomic mass is 9.77. The van der Waals surface area contributed by atoms with Crippen molar-refractivity contribution in [1.82, 2.24) is 40.5 Å². The fraction of sp³-hybridized carbons (Fsp3) is 0.476. The number of carbonyl (C=O) groups excluding carboxylic acids is 4. The monoisotopic (exact) mass is 780 g/mol. The Labute approximate surface area is 332 Å². The second-order valence-corrected chi connectivity index (χ2v) is 15.9. The molecule has 4 amide bonds. The van der Waals surface area contributed by atoms with Gasteiger partial charge in [0.05, 0.1) is 49.6 Å². The number of aromatic amines is 2. The smallest absolute Gasteiger partial charge is 0.407 e. The Hall–Kier alpha value is -5.70. The first kappa shape index (κ1) is 39.5. The van der Waals surface area contributed by atoms with E-state index in [2.05, 4.69) is 49.9 Å². The third kappa shape index (κ3) is 8.11. The maximum atomic E-state index is 13.8. The number of aromatic nitrogens is 4. The van der Waals surface area contributed by atoms with Crippen LogP contribution in [-0.2, 0) is 23.9 Å². The van der Waals surface area contributed by atoms with Crippen LogP contribution in [0.5, 0.6) is 0 Å². The topological polar surface area (TPSA) is 184 Å². The molecule has 1 saturated carbocycles. The zero-order valence-corrected chi connectivity index (χ0v) is 33.3. The number of nitrogens with one attached hydrogen (secondary N) is 4. The van der Waals surface area contributed by atoms with E-state index in [4.69, 9.17) is 19.3 Å². The summed E-state index contributed by atoms with van der Waals surface area (Å²) in [7, 11) is 2.56. The Morgan fingerprint density at radius 2 is 1.19 bits per heavy atom. The molecule has 1 aliphatic carbocycles. The van der Waals surface area contributed by atoms with Gasteiger partial charge in [-0.1, -0.05) is 76.2 Å². The molecule has 0 radical (unpaired) electrons. The summed E-state index contributed by atoms with van der Waals surface area (Å²) in [4.78, 5) is 75.8. The Morgan fingerprint density at radius 1 is 0.719 bits per heavy atom. The van der Waals surface area contributed by atoms with Gasteiger partial charge in [0.2, 0.25) is 5.91 Å². The Balaban J connectivity index is 1.02. The van der Waals surface area contributed by atoms with Gasteiger partial charge in [-0.15, -0.1) is 0 Å². The van der Waals surface area contributed by atoms with Crippen LogP contribution in [0.4, 0.5) is 9.59 Å². The molecular weight excluding hydrogens is 729 g/mol. The van der Waals surface area contributed by atoms with Gasteiger partial charge >= 0.3 is 12.2 Å². The van der Waals surface area contributed by atoms with E-state index in [-0.39, 0.29) is 29.7 Å². The molecule has 2 aliphatic heterocycles. The summed E-state index contributed by atoms with van der Waals surface area (Å²) in [6.45, 7) is 8.13. The summed E-state index contributed by atoms with van der Waals surface area (Å²) < 4.78 is 9.54. The van der Waals surface area contributed by atoms with Crippen LogP contribution in [0.3, 0.4) is 0 Å². The number of likely N-dealkylation sites (tertiary alicyclic amines) is 1. The molecule has 15 heteroatoms. The largest absolute Gasteiger partial charge is 0.453 e. The number of hydrogen-bond donors (Lipinski definition) is 4. The Kier molecular flexibility index (Phi) is 11.4. The van der Waals surface area contributed by atoms with Gasteiger partial charge in [-0.2, -0.15) is 0 Å². The molecule has 1 spiro atoms. The lowest BCUT2D eigenvalue weighted by Crippen LogP contribution is -2.51. The second kappa shape index (κ2) is 16.4. The van der Waals surface area contributed by atoms with E-state index < -0.39 is 35.9 Å². The minimum absolute atomic E-state index is 0.109. The average Bonchev–Trinajstić information content (AvgIpc) is 4.04. The highest BCUT2D eigenvalue weighted by Crippen LogP contribution is 2.50. The number of rotatable bonds is 11. The molecule has 1 unspecified atom stereocenters. The number of hydrogen-bond acceptors (Lipinski definition) is 9. The molecule has 7 rings (SSSR count). The number of alkyl carbamates (subject to hydrolysis) is 2. The predicted octanol–water partition coefficient (Wildman–Crippen LogP) is 6.69. The number of carbonyl (C=O) groups is 4. The number of imidazole rings is 2. The van der Waals surface area contributed by atoms with Crippen LogP contribution in [0.1, 0.15) is 90.0 Å². The van der Waals surface area contributed by atoms with Crippen molar-refractivity contribution in [2.75, 3.05) is 20.8 Å². The molecular formula is C42H52N8O7. The van der Waals surface area contributed by atoms with E-state index in [1.807, 2.05) is 52.0 Å². The minimum Gasteiger partial charge on any atom is -0.453 e. The Morgan fingerprint density at radius 3 is 1.65 bits per heavy atom. The molecule has 2 saturated heterocycles. The van der Waals surface area contributed by atoms with Crippen molar-refractivity contribution in [2.45, 2.75) is 96.0 Å². The number of amides is 4. The molecule has 2 aromatic carbocycles. The number of ether oxygens (including phenoxy) is 2. The quantitative estimate of drug-likeness (QED) is 0.129. The number of benzene rings is 2. The molecule has 15 nitrogen and oxygen atoms in total. The zero-order chi connectivity index (χ0) is 40.4. The van der Waals surface area contributed by atoms with Gasteiger partial charge in [0.25, 0.3) is 5.91 Å². The van der Waals surface area contributed by atoms with Crippen molar-refractivity contribution in [1.29, 1.82) is 0 Å². The van der Waals surface area contributed by atoms with Crippen LogP contribution in [0.2, 0.25) is 0 Å². The van der Waals surface area contributed by atoms with Crippen LogP contribution in [0.25, 0.3) is 33.6 Å². The second-order valence-electron chi connectivity index (χ2n) is 15.9. The van der Waals surface area contributed by atoms with Crippen LogP contribution >= 0.6 is 0 Å². The van der Waals surface area contributed by atoms with E-state index in [9.17, 15) is 19.2 Å².